The first-order valence-corrected chi connectivity index (χ1v) is 23.7. The summed E-state index contributed by atoms with van der Waals surface area (Å²) in [5.74, 6) is 0.350. The number of aryl methyl sites for hydroxylation is 2. The minimum atomic E-state index is 0.350. The van der Waals surface area contributed by atoms with E-state index in [1.54, 1.807) is 0 Å². The van der Waals surface area contributed by atoms with Crippen LogP contribution in [0.3, 0.4) is 0 Å². The van der Waals surface area contributed by atoms with Crippen LogP contribution < -0.4 is 9.80 Å². The number of allylic oxidation sites excluding steroid dienone is 8. The van der Waals surface area contributed by atoms with Gasteiger partial charge in [-0.2, -0.15) is 0 Å². The van der Waals surface area contributed by atoms with E-state index < -0.39 is 0 Å². The van der Waals surface area contributed by atoms with E-state index in [0.717, 1.165) is 29.2 Å². The number of benzene rings is 10. The molecule has 0 saturated heterocycles. The average molecular weight is 871 g/mol. The maximum atomic E-state index is 2.49. The van der Waals surface area contributed by atoms with Gasteiger partial charge in [0.2, 0.25) is 0 Å². The molecule has 2 heterocycles. The smallest absolute Gasteiger partial charge is 0.0742 e. The summed E-state index contributed by atoms with van der Waals surface area (Å²) >= 11 is 0. The fourth-order valence-corrected chi connectivity index (χ4v) is 11.6. The summed E-state index contributed by atoms with van der Waals surface area (Å²) < 4.78 is 4.91. The van der Waals surface area contributed by atoms with Gasteiger partial charge in [-0.25, -0.2) is 0 Å². The quantitative estimate of drug-likeness (QED) is 0.166. The van der Waals surface area contributed by atoms with Crippen LogP contribution in [0.5, 0.6) is 0 Å². The summed E-state index contributed by atoms with van der Waals surface area (Å²) in [5.41, 5.74) is 13.2. The Kier molecular flexibility index (Phi) is 8.50. The fourth-order valence-electron chi connectivity index (χ4n) is 11.6. The second kappa shape index (κ2) is 15.0. The SMILES string of the molecule is Cn1c2cc(N(C3=CC=C4C=CC=CC4C3)c3ccc4ccccc4c3)ccc2c2c3ccccc3c3c4ccc(N(c5ccc6ccccc6c5)c5ccc6ccccc6c5)cc4n(C)c3c21. The summed E-state index contributed by atoms with van der Waals surface area (Å²) in [6.07, 6.45) is 14.5. The molecular formula is C64H46N4. The summed E-state index contributed by atoms with van der Waals surface area (Å²) in [6.45, 7) is 0. The van der Waals surface area contributed by atoms with Crippen LogP contribution in [0, 0.1) is 5.92 Å². The molecule has 1 unspecified atom stereocenters. The van der Waals surface area contributed by atoms with E-state index in [1.807, 2.05) is 0 Å². The number of rotatable bonds is 6. The van der Waals surface area contributed by atoms with Crippen molar-refractivity contribution < 1.29 is 0 Å². The highest BCUT2D eigenvalue weighted by Gasteiger charge is 2.26. The van der Waals surface area contributed by atoms with Gasteiger partial charge in [-0.3, -0.25) is 0 Å². The van der Waals surface area contributed by atoms with Crippen LogP contribution in [0.25, 0.3) is 86.7 Å². The van der Waals surface area contributed by atoms with Gasteiger partial charge in [-0.15, -0.1) is 0 Å². The maximum Gasteiger partial charge on any atom is 0.0742 e. The van der Waals surface area contributed by atoms with Gasteiger partial charge in [0.1, 0.15) is 0 Å². The van der Waals surface area contributed by atoms with Crippen molar-refractivity contribution >= 4 is 115 Å². The molecule has 0 fully saturated rings. The van der Waals surface area contributed by atoms with Gasteiger partial charge >= 0.3 is 0 Å². The molecule has 0 spiro atoms. The van der Waals surface area contributed by atoms with E-state index in [4.69, 9.17) is 0 Å². The minimum Gasteiger partial charge on any atom is -0.342 e. The van der Waals surface area contributed by atoms with Crippen molar-refractivity contribution in [3.63, 3.8) is 0 Å². The Morgan fingerprint density at radius 1 is 0.397 bits per heavy atom. The topological polar surface area (TPSA) is 16.3 Å². The lowest BCUT2D eigenvalue weighted by Crippen LogP contribution is -2.21. The molecule has 10 aromatic carbocycles. The number of aromatic nitrogens is 2. The zero-order chi connectivity index (χ0) is 45.0. The van der Waals surface area contributed by atoms with Gasteiger partial charge in [0.05, 0.1) is 22.1 Å². The molecule has 68 heavy (non-hydrogen) atoms. The van der Waals surface area contributed by atoms with Crippen LogP contribution in [-0.2, 0) is 14.1 Å². The normalized spacial score (nSPS) is 14.8. The van der Waals surface area contributed by atoms with Gasteiger partial charge in [0, 0.05) is 75.7 Å². The van der Waals surface area contributed by atoms with Crippen molar-refractivity contribution in [2.75, 3.05) is 9.80 Å². The van der Waals surface area contributed by atoms with Gasteiger partial charge in [0.15, 0.2) is 0 Å². The third-order valence-electron chi connectivity index (χ3n) is 14.9. The molecular weight excluding hydrogens is 825 g/mol. The highest BCUT2D eigenvalue weighted by molar-refractivity contribution is 6.36. The van der Waals surface area contributed by atoms with Crippen molar-refractivity contribution in [1.29, 1.82) is 0 Å². The zero-order valence-electron chi connectivity index (χ0n) is 37.9. The summed E-state index contributed by atoms with van der Waals surface area (Å²) in [4.78, 5) is 4.91. The largest absolute Gasteiger partial charge is 0.342 e. The van der Waals surface area contributed by atoms with Crippen molar-refractivity contribution in [2.45, 2.75) is 6.42 Å². The standard InChI is InChI=1S/C64H46N4/c1-65-59-39-53(67(49-27-23-41-13-3-7-17-45(41)35-49)50-28-24-42-14-4-8-18-46(42)36-50)31-33-57(59)61-55-21-11-12-22-56(55)62-58-34-32-54(40-60(58)66(2)64(62)63(61)65)68(51-29-25-43-15-5-9-19-47(43)37-51)52-30-26-44-16-6-10-20-48(44)38-52/h3-37,39-40,48H,38H2,1-2H3. The summed E-state index contributed by atoms with van der Waals surface area (Å²) in [5, 5.41) is 15.0. The van der Waals surface area contributed by atoms with Crippen LogP contribution in [0.15, 0.2) is 236 Å². The monoisotopic (exact) mass is 870 g/mol. The third-order valence-corrected chi connectivity index (χ3v) is 14.9. The summed E-state index contributed by atoms with van der Waals surface area (Å²) in [6, 6.07) is 69.7. The van der Waals surface area contributed by atoms with Crippen molar-refractivity contribution in [3.8, 4) is 0 Å². The van der Waals surface area contributed by atoms with Crippen molar-refractivity contribution in [3.05, 3.63) is 236 Å². The van der Waals surface area contributed by atoms with Crippen LogP contribution in [0.4, 0.5) is 28.4 Å². The molecule has 2 aromatic heterocycles. The lowest BCUT2D eigenvalue weighted by molar-refractivity contribution is 0.732. The van der Waals surface area contributed by atoms with Crippen molar-refractivity contribution in [2.24, 2.45) is 20.0 Å². The predicted octanol–water partition coefficient (Wildman–Crippen LogP) is 17.2. The van der Waals surface area contributed by atoms with Gasteiger partial charge in [0.25, 0.3) is 0 Å². The second-order valence-electron chi connectivity index (χ2n) is 18.7. The van der Waals surface area contributed by atoms with E-state index in [2.05, 4.69) is 258 Å². The average Bonchev–Trinajstić information content (AvgIpc) is 3.85. The molecule has 4 heteroatoms. The minimum absolute atomic E-state index is 0.350. The van der Waals surface area contributed by atoms with E-state index in [9.17, 15) is 0 Å². The Balaban J connectivity index is 0.988. The first kappa shape index (κ1) is 38.6. The summed E-state index contributed by atoms with van der Waals surface area (Å²) in [7, 11) is 4.52. The number of nitrogens with zero attached hydrogens (tertiary/aromatic N) is 4. The van der Waals surface area contributed by atoms with Gasteiger partial charge in [-0.05, 0) is 122 Å². The second-order valence-corrected chi connectivity index (χ2v) is 18.7. The van der Waals surface area contributed by atoms with E-state index in [1.165, 1.54) is 104 Å². The molecule has 0 saturated carbocycles. The van der Waals surface area contributed by atoms with Gasteiger partial charge < -0.3 is 18.9 Å². The molecule has 12 aromatic rings. The molecule has 2 aliphatic rings. The molecule has 322 valence electrons. The molecule has 4 nitrogen and oxygen atoms in total. The number of fused-ring (bicyclic) bond motifs is 14. The Morgan fingerprint density at radius 3 is 1.34 bits per heavy atom. The van der Waals surface area contributed by atoms with Crippen LogP contribution in [0.2, 0.25) is 0 Å². The Hall–Kier alpha value is -8.60. The van der Waals surface area contributed by atoms with E-state index >= 15 is 0 Å². The predicted molar refractivity (Wildman–Crippen MR) is 290 cm³/mol. The lowest BCUT2D eigenvalue weighted by atomic mass is 9.86. The zero-order valence-corrected chi connectivity index (χ0v) is 37.9. The van der Waals surface area contributed by atoms with Gasteiger partial charge in [-0.1, -0.05) is 158 Å². The first-order valence-electron chi connectivity index (χ1n) is 23.7. The Labute approximate surface area is 394 Å². The number of anilines is 5. The fraction of sp³-hybridized carbons (Fsp3) is 0.0625. The Morgan fingerprint density at radius 2 is 0.824 bits per heavy atom. The molecule has 0 radical (unpaired) electrons. The van der Waals surface area contributed by atoms with Crippen LogP contribution in [0.1, 0.15) is 6.42 Å². The van der Waals surface area contributed by atoms with Crippen molar-refractivity contribution in [1.82, 2.24) is 9.13 Å². The lowest BCUT2D eigenvalue weighted by Gasteiger charge is -2.32. The highest BCUT2D eigenvalue weighted by atomic mass is 15.2. The molecule has 14 rings (SSSR count). The van der Waals surface area contributed by atoms with E-state index in [0.29, 0.717) is 5.92 Å². The molecule has 0 bridgehead atoms. The molecule has 0 amide bonds. The van der Waals surface area contributed by atoms with E-state index in [-0.39, 0.29) is 0 Å². The number of hydrogen-bond donors (Lipinski definition) is 0. The molecule has 0 N–H and O–H groups in total. The third kappa shape index (κ3) is 5.87. The highest BCUT2D eigenvalue weighted by Crippen LogP contribution is 2.48. The Bertz CT molecular complexity index is 4150. The molecule has 1 atom stereocenters. The van der Waals surface area contributed by atoms with Crippen LogP contribution >= 0.6 is 0 Å². The van der Waals surface area contributed by atoms with Crippen LogP contribution in [-0.4, -0.2) is 9.13 Å². The maximum absolute atomic E-state index is 2.49. The molecule has 0 aliphatic heterocycles. The number of hydrogen-bond acceptors (Lipinski definition) is 2. The molecule has 2 aliphatic carbocycles. The first-order chi connectivity index (χ1) is 33.5.